The predicted molar refractivity (Wildman–Crippen MR) is 129 cm³/mol. The number of benzene rings is 3. The molecule has 0 saturated carbocycles. The fourth-order valence-corrected chi connectivity index (χ4v) is 3.76. The van der Waals surface area contributed by atoms with Gasteiger partial charge >= 0.3 is 18.3 Å². The first-order chi connectivity index (χ1) is 18.4. The molecule has 1 heterocycles. The smallest absolute Gasteiger partial charge is 0.416 e. The maximum absolute atomic E-state index is 12.9. The van der Waals surface area contributed by atoms with Crippen LogP contribution >= 0.6 is 0 Å². The number of hydrogen-bond donors (Lipinski definition) is 1. The van der Waals surface area contributed by atoms with Crippen LogP contribution in [0.3, 0.4) is 0 Å². The van der Waals surface area contributed by atoms with Crippen molar-refractivity contribution < 1.29 is 45.8 Å². The van der Waals surface area contributed by atoms with Gasteiger partial charge in [0.2, 0.25) is 0 Å². The molecule has 3 aromatic carbocycles. The maximum Gasteiger partial charge on any atom is 0.416 e. The first-order valence-electron chi connectivity index (χ1n) is 11.4. The van der Waals surface area contributed by atoms with Gasteiger partial charge in [0.25, 0.3) is 0 Å². The molecular formula is C27H20F6N2O4. The normalized spacial score (nSPS) is 12.3. The summed E-state index contributed by atoms with van der Waals surface area (Å²) in [6, 6.07) is 14.0. The van der Waals surface area contributed by atoms with Gasteiger partial charge in [-0.25, -0.2) is 4.79 Å². The Morgan fingerprint density at radius 3 is 2.03 bits per heavy atom. The van der Waals surface area contributed by atoms with Crippen molar-refractivity contribution in [1.29, 1.82) is 0 Å². The lowest BCUT2D eigenvalue weighted by Crippen LogP contribution is -2.09. The highest BCUT2D eigenvalue weighted by Gasteiger charge is 2.30. The number of oxime groups is 1. The molecule has 0 aliphatic heterocycles. The molecule has 39 heavy (non-hydrogen) atoms. The Bertz CT molecular complexity index is 1470. The van der Waals surface area contributed by atoms with Crippen molar-refractivity contribution in [3.05, 3.63) is 101 Å². The minimum absolute atomic E-state index is 0.0915. The molecule has 6 nitrogen and oxygen atoms in total. The minimum Gasteiger partial charge on any atom is -0.482 e. The van der Waals surface area contributed by atoms with Gasteiger partial charge in [0.15, 0.2) is 6.61 Å². The molecule has 0 atom stereocenters. The van der Waals surface area contributed by atoms with Crippen molar-refractivity contribution in [2.24, 2.45) is 5.16 Å². The van der Waals surface area contributed by atoms with Crippen LogP contribution < -0.4 is 4.74 Å². The zero-order valence-corrected chi connectivity index (χ0v) is 20.0. The Balaban J connectivity index is 1.55. The lowest BCUT2D eigenvalue weighted by Gasteiger charge is -2.09. The van der Waals surface area contributed by atoms with E-state index in [0.29, 0.717) is 27.6 Å². The first kappa shape index (κ1) is 27.6. The Morgan fingerprint density at radius 1 is 0.872 bits per heavy atom. The molecule has 0 aliphatic rings. The van der Waals surface area contributed by atoms with Gasteiger partial charge in [0.05, 0.1) is 17.3 Å². The minimum atomic E-state index is -4.45. The van der Waals surface area contributed by atoms with Gasteiger partial charge in [-0.2, -0.15) is 26.3 Å². The van der Waals surface area contributed by atoms with Crippen molar-refractivity contribution in [2.45, 2.75) is 25.5 Å². The number of aliphatic carboxylic acids is 1. The van der Waals surface area contributed by atoms with Gasteiger partial charge in [-0.05, 0) is 53.6 Å². The van der Waals surface area contributed by atoms with E-state index in [1.54, 1.807) is 29.0 Å². The number of aromatic nitrogens is 1. The van der Waals surface area contributed by atoms with Crippen LogP contribution in [0.1, 0.15) is 27.8 Å². The summed E-state index contributed by atoms with van der Waals surface area (Å²) in [6.45, 7) is -0.423. The molecule has 0 amide bonds. The molecule has 0 bridgehead atoms. The van der Waals surface area contributed by atoms with E-state index in [-0.39, 0.29) is 18.9 Å². The lowest BCUT2D eigenvalue weighted by atomic mass is 10.1. The third-order valence-electron chi connectivity index (χ3n) is 5.66. The second-order valence-corrected chi connectivity index (χ2v) is 8.47. The number of alkyl halides is 6. The molecule has 0 fully saturated rings. The summed E-state index contributed by atoms with van der Waals surface area (Å²) < 4.78 is 83.9. The molecule has 4 rings (SSSR count). The number of halogens is 6. The molecule has 204 valence electrons. The Labute approximate surface area is 217 Å². The van der Waals surface area contributed by atoms with E-state index >= 15 is 0 Å². The van der Waals surface area contributed by atoms with E-state index in [2.05, 4.69) is 5.16 Å². The second-order valence-electron chi connectivity index (χ2n) is 8.47. The Morgan fingerprint density at radius 2 is 1.46 bits per heavy atom. The Kier molecular flexibility index (Phi) is 7.84. The van der Waals surface area contributed by atoms with E-state index in [1.807, 2.05) is 0 Å². The summed E-state index contributed by atoms with van der Waals surface area (Å²) in [5.41, 5.74) is 0.729. The van der Waals surface area contributed by atoms with Gasteiger partial charge in [0, 0.05) is 29.2 Å². The van der Waals surface area contributed by atoms with Crippen LogP contribution in [0.15, 0.2) is 78.1 Å². The van der Waals surface area contributed by atoms with Crippen LogP contribution in [0.5, 0.6) is 5.75 Å². The molecule has 0 unspecified atom stereocenters. The molecular weight excluding hydrogens is 530 g/mol. The predicted octanol–water partition coefficient (Wildman–Crippen LogP) is 6.74. The summed E-state index contributed by atoms with van der Waals surface area (Å²) in [7, 11) is 0. The molecule has 0 spiro atoms. The van der Waals surface area contributed by atoms with E-state index in [0.717, 1.165) is 24.3 Å². The average Bonchev–Trinajstić information content (AvgIpc) is 3.21. The summed E-state index contributed by atoms with van der Waals surface area (Å²) in [6.07, 6.45) is -5.83. The van der Waals surface area contributed by atoms with Crippen molar-refractivity contribution in [3.8, 4) is 5.75 Å². The fraction of sp³-hybridized carbons (Fsp3) is 0.185. The average molecular weight is 550 g/mol. The van der Waals surface area contributed by atoms with Crippen LogP contribution in [-0.4, -0.2) is 28.5 Å². The highest BCUT2D eigenvalue weighted by atomic mass is 19.4. The van der Waals surface area contributed by atoms with Crippen LogP contribution in [0, 0.1) is 0 Å². The standard InChI is InChI=1S/C27H20F6N2O4/c28-26(29,30)20-5-1-17(2-6-20)13-35-14-19(23-11-22(9-10-24(23)35)38-16-25(36)37)12-34-39-15-18-3-7-21(8-4-18)27(31,32)33/h1-12,14H,13,15-16H2,(H,36,37)/b34-12+. The highest BCUT2D eigenvalue weighted by Crippen LogP contribution is 2.31. The molecule has 0 saturated heterocycles. The number of nitrogens with zero attached hydrogens (tertiary/aromatic N) is 2. The molecule has 4 aromatic rings. The molecule has 1 aromatic heterocycles. The fourth-order valence-electron chi connectivity index (χ4n) is 3.76. The zero-order chi connectivity index (χ0) is 28.2. The van der Waals surface area contributed by atoms with E-state index in [1.165, 1.54) is 30.5 Å². The van der Waals surface area contributed by atoms with Crippen molar-refractivity contribution in [2.75, 3.05) is 6.61 Å². The van der Waals surface area contributed by atoms with E-state index in [4.69, 9.17) is 14.7 Å². The third kappa shape index (κ3) is 7.09. The number of ether oxygens (including phenoxy) is 1. The van der Waals surface area contributed by atoms with Crippen LogP contribution in [-0.2, 0) is 35.1 Å². The monoisotopic (exact) mass is 550 g/mol. The molecule has 0 aliphatic carbocycles. The molecule has 0 radical (unpaired) electrons. The number of carboxylic acids is 1. The summed E-state index contributed by atoms with van der Waals surface area (Å²) in [5, 5.41) is 13.4. The van der Waals surface area contributed by atoms with Gasteiger partial charge < -0.3 is 19.2 Å². The number of carbonyl (C=O) groups is 1. The maximum atomic E-state index is 12.9. The SMILES string of the molecule is O=C(O)COc1ccc2c(c1)c(/C=N/OCc1ccc(C(F)(F)F)cc1)cn2Cc1ccc(C(F)(F)F)cc1. The van der Waals surface area contributed by atoms with E-state index < -0.39 is 36.1 Å². The van der Waals surface area contributed by atoms with Crippen LogP contribution in [0.4, 0.5) is 26.3 Å². The highest BCUT2D eigenvalue weighted by molar-refractivity contribution is 6.00. The summed E-state index contributed by atoms with van der Waals surface area (Å²) in [5.74, 6) is -0.883. The van der Waals surface area contributed by atoms with Crippen molar-refractivity contribution in [3.63, 3.8) is 0 Å². The van der Waals surface area contributed by atoms with Crippen molar-refractivity contribution in [1.82, 2.24) is 4.57 Å². The largest absolute Gasteiger partial charge is 0.482 e. The quantitative estimate of drug-likeness (QED) is 0.142. The number of rotatable bonds is 9. The second kappa shape index (κ2) is 11.1. The molecule has 12 heteroatoms. The molecule has 1 N–H and O–H groups in total. The van der Waals surface area contributed by atoms with Gasteiger partial charge in [0.1, 0.15) is 12.4 Å². The zero-order valence-electron chi connectivity index (χ0n) is 20.0. The third-order valence-corrected chi connectivity index (χ3v) is 5.66. The summed E-state index contributed by atoms with van der Waals surface area (Å²) >= 11 is 0. The van der Waals surface area contributed by atoms with Crippen LogP contribution in [0.2, 0.25) is 0 Å². The number of hydrogen-bond acceptors (Lipinski definition) is 4. The first-order valence-corrected chi connectivity index (χ1v) is 11.4. The van der Waals surface area contributed by atoms with E-state index in [9.17, 15) is 31.1 Å². The van der Waals surface area contributed by atoms with Gasteiger partial charge in [-0.15, -0.1) is 0 Å². The van der Waals surface area contributed by atoms with Crippen LogP contribution in [0.25, 0.3) is 10.9 Å². The van der Waals surface area contributed by atoms with Crippen molar-refractivity contribution >= 4 is 23.1 Å². The van der Waals surface area contributed by atoms with Gasteiger partial charge in [-0.3, -0.25) is 0 Å². The summed E-state index contributed by atoms with van der Waals surface area (Å²) in [4.78, 5) is 16.1. The van der Waals surface area contributed by atoms with Gasteiger partial charge in [-0.1, -0.05) is 29.4 Å². The topological polar surface area (TPSA) is 73.1 Å². The number of fused-ring (bicyclic) bond motifs is 1. The number of carboxylic acid groups (broad SMARTS) is 1. The Hall–Kier alpha value is -4.48. The lowest BCUT2D eigenvalue weighted by molar-refractivity contribution is -0.139.